The second kappa shape index (κ2) is 8.61. The van der Waals surface area contributed by atoms with Gasteiger partial charge in [0.1, 0.15) is 6.04 Å². The lowest BCUT2D eigenvalue weighted by molar-refractivity contribution is -0.145. The van der Waals surface area contributed by atoms with Gasteiger partial charge in [0.2, 0.25) is 15.9 Å². The molecule has 4 N–H and O–H groups in total. The standard InChI is InChI=1S/C15H21N3O5S.ClH/c1-10-5-6-11(24(16,22)23)8-12(10)17-14(19)9-18-7-3-2-4-13(18)15(20)21;/h5-6,8,13H,2-4,7,9H2,1H3,(H,17,19)(H,20,21)(H2,16,22,23);1H. The van der Waals surface area contributed by atoms with Crippen LogP contribution in [0.4, 0.5) is 5.69 Å². The molecule has 1 atom stereocenters. The molecule has 1 aliphatic heterocycles. The van der Waals surface area contributed by atoms with Gasteiger partial charge in [0.25, 0.3) is 0 Å². The van der Waals surface area contributed by atoms with Crippen LogP contribution in [-0.4, -0.2) is 49.4 Å². The number of nitrogens with zero attached hydrogens (tertiary/aromatic N) is 1. The quantitative estimate of drug-likeness (QED) is 0.684. The molecule has 140 valence electrons. The van der Waals surface area contributed by atoms with Crippen LogP contribution in [0.1, 0.15) is 24.8 Å². The van der Waals surface area contributed by atoms with Gasteiger partial charge in [-0.1, -0.05) is 12.5 Å². The highest BCUT2D eigenvalue weighted by Crippen LogP contribution is 2.20. The fraction of sp³-hybridized carbons (Fsp3) is 0.467. The number of aryl methyl sites for hydroxylation is 1. The number of carboxylic acid groups (broad SMARTS) is 1. The number of carbonyl (C=O) groups excluding carboxylic acids is 1. The molecule has 0 spiro atoms. The van der Waals surface area contributed by atoms with Crippen molar-refractivity contribution in [2.24, 2.45) is 5.14 Å². The number of hydrogen-bond acceptors (Lipinski definition) is 5. The van der Waals surface area contributed by atoms with Crippen LogP contribution < -0.4 is 10.5 Å². The van der Waals surface area contributed by atoms with Gasteiger partial charge in [0.05, 0.1) is 11.4 Å². The number of halogens is 1. The summed E-state index contributed by atoms with van der Waals surface area (Å²) in [5, 5.41) is 17.0. The van der Waals surface area contributed by atoms with Crippen LogP contribution in [-0.2, 0) is 19.6 Å². The largest absolute Gasteiger partial charge is 0.480 e. The summed E-state index contributed by atoms with van der Waals surface area (Å²) in [5.41, 5.74) is 1.03. The van der Waals surface area contributed by atoms with E-state index in [1.165, 1.54) is 12.1 Å². The van der Waals surface area contributed by atoms with Crippen molar-refractivity contribution in [2.45, 2.75) is 37.1 Å². The molecule has 2 rings (SSSR count). The average molecular weight is 392 g/mol. The second-order valence-electron chi connectivity index (χ2n) is 5.89. The number of hydrogen-bond donors (Lipinski definition) is 3. The molecule has 0 aromatic heterocycles. The van der Waals surface area contributed by atoms with E-state index in [-0.39, 0.29) is 23.8 Å². The lowest BCUT2D eigenvalue weighted by Gasteiger charge is -2.32. The topological polar surface area (TPSA) is 130 Å². The maximum Gasteiger partial charge on any atom is 0.320 e. The highest BCUT2D eigenvalue weighted by Gasteiger charge is 2.29. The molecule has 0 radical (unpaired) electrons. The molecule has 8 nitrogen and oxygen atoms in total. The molecular weight excluding hydrogens is 370 g/mol. The minimum Gasteiger partial charge on any atom is -0.480 e. The monoisotopic (exact) mass is 391 g/mol. The highest BCUT2D eigenvalue weighted by molar-refractivity contribution is 7.89. The molecule has 1 fully saturated rings. The molecule has 1 aromatic carbocycles. The zero-order valence-electron chi connectivity index (χ0n) is 13.8. The number of nitrogens with one attached hydrogen (secondary N) is 1. The van der Waals surface area contributed by atoms with Gasteiger partial charge in [-0.15, -0.1) is 12.4 Å². The van der Waals surface area contributed by atoms with Crippen molar-refractivity contribution in [1.29, 1.82) is 0 Å². The van der Waals surface area contributed by atoms with E-state index in [4.69, 9.17) is 5.14 Å². The lowest BCUT2D eigenvalue weighted by atomic mass is 10.0. The average Bonchev–Trinajstić information content (AvgIpc) is 2.48. The molecule has 0 bridgehead atoms. The summed E-state index contributed by atoms with van der Waals surface area (Å²) < 4.78 is 22.8. The molecule has 10 heteroatoms. The zero-order chi connectivity index (χ0) is 17.9. The Bertz CT molecular complexity index is 754. The Balaban J connectivity index is 0.00000312. The number of likely N-dealkylation sites (tertiary alicyclic amines) is 1. The summed E-state index contributed by atoms with van der Waals surface area (Å²) in [7, 11) is -3.86. The predicted molar refractivity (Wildman–Crippen MR) is 95.3 cm³/mol. The Hall–Kier alpha value is -1.68. The van der Waals surface area contributed by atoms with Crippen LogP contribution in [0.2, 0.25) is 0 Å². The molecule has 1 saturated heterocycles. The molecule has 25 heavy (non-hydrogen) atoms. The lowest BCUT2D eigenvalue weighted by Crippen LogP contribution is -2.47. The van der Waals surface area contributed by atoms with E-state index < -0.39 is 27.9 Å². The van der Waals surface area contributed by atoms with Crippen LogP contribution in [0.15, 0.2) is 23.1 Å². The molecule has 1 aromatic rings. The number of amides is 1. The SMILES string of the molecule is Cc1ccc(S(N)(=O)=O)cc1NC(=O)CN1CCCCC1C(=O)O.Cl. The number of anilines is 1. The van der Waals surface area contributed by atoms with E-state index in [2.05, 4.69) is 5.32 Å². The van der Waals surface area contributed by atoms with E-state index in [9.17, 15) is 23.1 Å². The van der Waals surface area contributed by atoms with Crippen LogP contribution in [0, 0.1) is 6.92 Å². The van der Waals surface area contributed by atoms with Crippen molar-refractivity contribution in [1.82, 2.24) is 4.90 Å². The molecule has 0 aliphatic carbocycles. The highest BCUT2D eigenvalue weighted by atomic mass is 35.5. The first-order valence-corrected chi connectivity index (χ1v) is 9.13. The number of primary sulfonamides is 1. The third-order valence-electron chi connectivity index (χ3n) is 4.06. The smallest absolute Gasteiger partial charge is 0.320 e. The number of piperidine rings is 1. The maximum absolute atomic E-state index is 12.2. The summed E-state index contributed by atoms with van der Waals surface area (Å²) in [6.07, 6.45) is 2.18. The Kier molecular flexibility index (Phi) is 7.36. The zero-order valence-corrected chi connectivity index (χ0v) is 15.4. The number of aliphatic carboxylic acids is 1. The minimum atomic E-state index is -3.86. The van der Waals surface area contributed by atoms with Gasteiger partial charge in [0, 0.05) is 5.69 Å². The number of benzene rings is 1. The summed E-state index contributed by atoms with van der Waals surface area (Å²) >= 11 is 0. The van der Waals surface area contributed by atoms with Crippen LogP contribution in [0.5, 0.6) is 0 Å². The van der Waals surface area contributed by atoms with Crippen molar-refractivity contribution < 1.29 is 23.1 Å². The molecular formula is C15H22ClN3O5S. The van der Waals surface area contributed by atoms with E-state index in [0.717, 1.165) is 12.8 Å². The summed E-state index contributed by atoms with van der Waals surface area (Å²) in [5.74, 6) is -1.33. The van der Waals surface area contributed by atoms with E-state index in [1.54, 1.807) is 17.9 Å². The third-order valence-corrected chi connectivity index (χ3v) is 4.97. The van der Waals surface area contributed by atoms with Crippen LogP contribution in [0.25, 0.3) is 0 Å². The predicted octanol–water partition coefficient (Wildman–Crippen LogP) is 0.942. The van der Waals surface area contributed by atoms with Crippen molar-refractivity contribution in [2.75, 3.05) is 18.4 Å². The first-order chi connectivity index (χ1) is 11.2. The number of nitrogens with two attached hydrogens (primary N) is 1. The van der Waals surface area contributed by atoms with E-state index >= 15 is 0 Å². The minimum absolute atomic E-state index is 0. The summed E-state index contributed by atoms with van der Waals surface area (Å²) in [6.45, 7) is 2.21. The number of sulfonamides is 1. The van der Waals surface area contributed by atoms with Gasteiger partial charge in [0.15, 0.2) is 0 Å². The van der Waals surface area contributed by atoms with Gasteiger partial charge < -0.3 is 10.4 Å². The summed E-state index contributed by atoms with van der Waals surface area (Å²) in [4.78, 5) is 25.0. The van der Waals surface area contributed by atoms with Crippen molar-refractivity contribution >= 4 is 40.0 Å². The normalized spacial score (nSPS) is 18.2. The first-order valence-electron chi connectivity index (χ1n) is 7.58. The molecule has 1 amide bonds. The van der Waals surface area contributed by atoms with Crippen LogP contribution >= 0.6 is 12.4 Å². The molecule has 0 saturated carbocycles. The number of carbonyl (C=O) groups is 2. The number of carboxylic acids is 1. The first kappa shape index (κ1) is 21.4. The fourth-order valence-corrected chi connectivity index (χ4v) is 3.29. The third kappa shape index (κ3) is 5.67. The Morgan fingerprint density at radius 2 is 2.04 bits per heavy atom. The fourth-order valence-electron chi connectivity index (χ4n) is 2.75. The van der Waals surface area contributed by atoms with Crippen molar-refractivity contribution in [3.05, 3.63) is 23.8 Å². The van der Waals surface area contributed by atoms with Gasteiger partial charge >= 0.3 is 5.97 Å². The Labute approximate surface area is 152 Å². The van der Waals surface area contributed by atoms with E-state index in [0.29, 0.717) is 24.2 Å². The van der Waals surface area contributed by atoms with Crippen molar-refractivity contribution in [3.63, 3.8) is 0 Å². The van der Waals surface area contributed by atoms with Gasteiger partial charge in [-0.25, -0.2) is 13.6 Å². The van der Waals surface area contributed by atoms with Gasteiger partial charge in [-0.3, -0.25) is 14.5 Å². The van der Waals surface area contributed by atoms with Gasteiger partial charge in [-0.2, -0.15) is 0 Å². The Morgan fingerprint density at radius 1 is 1.36 bits per heavy atom. The van der Waals surface area contributed by atoms with E-state index in [1.807, 2.05) is 0 Å². The van der Waals surface area contributed by atoms with Crippen molar-refractivity contribution in [3.8, 4) is 0 Å². The molecule has 1 aliphatic rings. The summed E-state index contributed by atoms with van der Waals surface area (Å²) in [6, 6.07) is 3.55. The van der Waals surface area contributed by atoms with Gasteiger partial charge in [-0.05, 0) is 44.0 Å². The Morgan fingerprint density at radius 3 is 2.64 bits per heavy atom. The molecule has 1 unspecified atom stereocenters. The van der Waals surface area contributed by atoms with Crippen LogP contribution in [0.3, 0.4) is 0 Å². The second-order valence-corrected chi connectivity index (χ2v) is 7.45. The maximum atomic E-state index is 12.2. The number of rotatable bonds is 5. The molecule has 1 heterocycles.